The second-order valence-corrected chi connectivity index (χ2v) is 6.97. The van der Waals surface area contributed by atoms with Gasteiger partial charge in [0.2, 0.25) is 0 Å². The molecule has 2 saturated heterocycles. The summed E-state index contributed by atoms with van der Waals surface area (Å²) in [5.41, 5.74) is 0. The summed E-state index contributed by atoms with van der Waals surface area (Å²) in [7, 11) is 0. The molecule has 106 valence electrons. The highest BCUT2D eigenvalue weighted by Crippen LogP contribution is 2.32. The van der Waals surface area contributed by atoms with Crippen molar-refractivity contribution in [2.75, 3.05) is 24.5 Å². The molecule has 0 saturated carbocycles. The minimum absolute atomic E-state index is 0.736. The first-order valence-corrected chi connectivity index (χ1v) is 8.60. The molecule has 2 fully saturated rings. The van der Waals surface area contributed by atoms with Crippen molar-refractivity contribution in [3.63, 3.8) is 0 Å². The first-order valence-electron chi connectivity index (χ1n) is 7.72. The maximum absolute atomic E-state index is 4.68. The van der Waals surface area contributed by atoms with Gasteiger partial charge in [0, 0.05) is 35.4 Å². The normalized spacial score (nSPS) is 27.3. The highest BCUT2D eigenvalue weighted by Gasteiger charge is 2.30. The van der Waals surface area contributed by atoms with Crippen molar-refractivity contribution < 1.29 is 0 Å². The van der Waals surface area contributed by atoms with Crippen LogP contribution in [0.5, 0.6) is 0 Å². The molecule has 0 amide bonds. The largest absolute Gasteiger partial charge is 0.356 e. The Labute approximate surface area is 124 Å². The molecule has 2 aliphatic rings. The third-order valence-electron chi connectivity index (χ3n) is 4.78. The molecule has 20 heavy (non-hydrogen) atoms. The van der Waals surface area contributed by atoms with Gasteiger partial charge in [0.05, 0.1) is 0 Å². The molecule has 0 spiro atoms. The highest BCUT2D eigenvalue weighted by atomic mass is 32.1. The molecule has 2 aliphatic heterocycles. The van der Waals surface area contributed by atoms with Crippen LogP contribution in [-0.4, -0.2) is 30.7 Å². The highest BCUT2D eigenvalue weighted by molar-refractivity contribution is 7.17. The molecule has 2 unspecified atom stereocenters. The van der Waals surface area contributed by atoms with Crippen LogP contribution in [0.3, 0.4) is 0 Å². The molecular weight excluding hydrogens is 266 g/mol. The Hall–Kier alpha value is -1.13. The predicted molar refractivity (Wildman–Crippen MR) is 85.6 cm³/mol. The number of rotatable bonds is 2. The molecule has 2 aromatic heterocycles. The van der Waals surface area contributed by atoms with E-state index in [1.54, 1.807) is 0 Å². The smallest absolute Gasteiger partial charge is 0.137 e. The van der Waals surface area contributed by atoms with Gasteiger partial charge < -0.3 is 10.2 Å². The third-order valence-corrected chi connectivity index (χ3v) is 5.67. The van der Waals surface area contributed by atoms with E-state index in [9.17, 15) is 0 Å². The number of anilines is 1. The van der Waals surface area contributed by atoms with E-state index in [0.29, 0.717) is 0 Å². The second-order valence-electron chi connectivity index (χ2n) is 6.02. The minimum Gasteiger partial charge on any atom is -0.356 e. The average Bonchev–Trinajstić information content (AvgIpc) is 3.18. The van der Waals surface area contributed by atoms with E-state index in [0.717, 1.165) is 18.5 Å². The van der Waals surface area contributed by atoms with Crippen LogP contribution in [0.1, 0.15) is 25.7 Å². The molecule has 4 rings (SSSR count). The molecule has 2 aromatic rings. The van der Waals surface area contributed by atoms with Crippen molar-refractivity contribution in [2.45, 2.75) is 31.7 Å². The molecular formula is C16H21N3S. The van der Waals surface area contributed by atoms with Gasteiger partial charge in [-0.15, -0.1) is 11.3 Å². The number of hydrogen-bond acceptors (Lipinski definition) is 4. The second kappa shape index (κ2) is 5.34. The summed E-state index contributed by atoms with van der Waals surface area (Å²) in [4.78, 5) is 7.19. The van der Waals surface area contributed by atoms with Gasteiger partial charge >= 0.3 is 0 Å². The van der Waals surface area contributed by atoms with Gasteiger partial charge in [-0.2, -0.15) is 0 Å². The summed E-state index contributed by atoms with van der Waals surface area (Å²) in [5, 5.41) is 7.19. The molecule has 4 heterocycles. The zero-order valence-corrected chi connectivity index (χ0v) is 12.5. The van der Waals surface area contributed by atoms with Crippen molar-refractivity contribution >= 4 is 27.2 Å². The van der Waals surface area contributed by atoms with Gasteiger partial charge in [-0.1, -0.05) is 0 Å². The van der Waals surface area contributed by atoms with Gasteiger partial charge in [-0.3, -0.25) is 0 Å². The van der Waals surface area contributed by atoms with E-state index < -0.39 is 0 Å². The summed E-state index contributed by atoms with van der Waals surface area (Å²) >= 11 is 1.81. The van der Waals surface area contributed by atoms with Crippen molar-refractivity contribution in [1.29, 1.82) is 0 Å². The van der Waals surface area contributed by atoms with Crippen LogP contribution in [0.4, 0.5) is 5.82 Å². The molecule has 2 atom stereocenters. The van der Waals surface area contributed by atoms with Crippen LogP contribution >= 0.6 is 11.3 Å². The van der Waals surface area contributed by atoms with Gasteiger partial charge in [0.1, 0.15) is 5.82 Å². The van der Waals surface area contributed by atoms with E-state index in [-0.39, 0.29) is 0 Å². The Kier molecular flexibility index (Phi) is 3.36. The third kappa shape index (κ3) is 2.21. The van der Waals surface area contributed by atoms with E-state index >= 15 is 0 Å². The number of aromatic nitrogens is 1. The molecule has 4 heteroatoms. The Morgan fingerprint density at radius 1 is 1.25 bits per heavy atom. The molecule has 0 aliphatic carbocycles. The number of piperidine rings is 1. The van der Waals surface area contributed by atoms with Gasteiger partial charge in [-0.05, 0) is 55.7 Å². The van der Waals surface area contributed by atoms with Crippen LogP contribution in [0.25, 0.3) is 10.1 Å². The maximum Gasteiger partial charge on any atom is 0.137 e. The zero-order chi connectivity index (χ0) is 13.4. The fourth-order valence-corrected chi connectivity index (χ4v) is 4.55. The molecule has 1 N–H and O–H groups in total. The van der Waals surface area contributed by atoms with Crippen LogP contribution in [0.15, 0.2) is 23.7 Å². The van der Waals surface area contributed by atoms with Crippen LogP contribution in [0.2, 0.25) is 0 Å². The topological polar surface area (TPSA) is 28.2 Å². The molecule has 0 bridgehead atoms. The number of nitrogens with zero attached hydrogens (tertiary/aromatic N) is 2. The van der Waals surface area contributed by atoms with Gasteiger partial charge in [-0.25, -0.2) is 4.98 Å². The van der Waals surface area contributed by atoms with Crippen molar-refractivity contribution in [2.24, 2.45) is 5.92 Å². The molecule has 3 nitrogen and oxygen atoms in total. The van der Waals surface area contributed by atoms with E-state index in [1.807, 2.05) is 17.5 Å². The summed E-state index contributed by atoms with van der Waals surface area (Å²) in [6, 6.07) is 5.09. The van der Waals surface area contributed by atoms with Crippen LogP contribution < -0.4 is 10.2 Å². The van der Waals surface area contributed by atoms with E-state index in [2.05, 4.69) is 32.7 Å². The number of fused-ring (bicyclic) bond motifs is 1. The SMILES string of the molecule is c1cc2sccc2c(N2CCCC(C3CCCN3)C2)n1. The lowest BCUT2D eigenvalue weighted by Crippen LogP contribution is -2.43. The fourth-order valence-electron chi connectivity index (χ4n) is 3.78. The Bertz CT molecular complexity index is 588. The lowest BCUT2D eigenvalue weighted by atomic mass is 9.89. The average molecular weight is 287 g/mol. The molecule has 0 radical (unpaired) electrons. The van der Waals surface area contributed by atoms with Crippen LogP contribution in [-0.2, 0) is 0 Å². The predicted octanol–water partition coefficient (Wildman–Crippen LogP) is 3.26. The summed E-state index contributed by atoms with van der Waals surface area (Å²) in [6.45, 7) is 3.53. The lowest BCUT2D eigenvalue weighted by Gasteiger charge is -2.36. The molecule has 0 aromatic carbocycles. The summed E-state index contributed by atoms with van der Waals surface area (Å²) in [6.07, 6.45) is 7.33. The Morgan fingerprint density at radius 2 is 2.25 bits per heavy atom. The number of pyridine rings is 1. The number of thiophene rings is 1. The Morgan fingerprint density at radius 3 is 3.15 bits per heavy atom. The Balaban J connectivity index is 1.59. The van der Waals surface area contributed by atoms with E-state index in [4.69, 9.17) is 0 Å². The van der Waals surface area contributed by atoms with Gasteiger partial charge in [0.25, 0.3) is 0 Å². The first-order chi connectivity index (χ1) is 9.92. The summed E-state index contributed by atoms with van der Waals surface area (Å²) < 4.78 is 1.36. The monoisotopic (exact) mass is 287 g/mol. The van der Waals surface area contributed by atoms with Gasteiger partial charge in [0.15, 0.2) is 0 Å². The van der Waals surface area contributed by atoms with Crippen molar-refractivity contribution in [3.05, 3.63) is 23.7 Å². The summed E-state index contributed by atoms with van der Waals surface area (Å²) in [5.74, 6) is 1.99. The minimum atomic E-state index is 0.736. The zero-order valence-electron chi connectivity index (χ0n) is 11.7. The maximum atomic E-state index is 4.68. The fraction of sp³-hybridized carbons (Fsp3) is 0.562. The number of nitrogens with one attached hydrogen (secondary N) is 1. The number of hydrogen-bond donors (Lipinski definition) is 1. The van der Waals surface area contributed by atoms with Crippen molar-refractivity contribution in [3.8, 4) is 0 Å². The van der Waals surface area contributed by atoms with Crippen molar-refractivity contribution in [1.82, 2.24) is 10.3 Å². The first kappa shape index (κ1) is 12.6. The standard InChI is InChI=1S/C16H21N3S/c1-4-14(17-7-1)12-3-2-9-19(11-12)16-13-6-10-20-15(13)5-8-18-16/h5-6,8,10,12,14,17H,1-4,7,9,11H2. The lowest BCUT2D eigenvalue weighted by molar-refractivity contribution is 0.328. The van der Waals surface area contributed by atoms with Crippen LogP contribution in [0, 0.1) is 5.92 Å². The quantitative estimate of drug-likeness (QED) is 0.919. The van der Waals surface area contributed by atoms with E-state index in [1.165, 1.54) is 54.7 Å².